The molecular weight excluding hydrogens is 750 g/mol. The Hall–Kier alpha value is -7.32. The highest BCUT2D eigenvalue weighted by Gasteiger charge is 2.51. The second kappa shape index (κ2) is 13.4. The molecule has 60 heavy (non-hydrogen) atoms. The van der Waals surface area contributed by atoms with Crippen LogP contribution in [0.2, 0.25) is 0 Å². The summed E-state index contributed by atoms with van der Waals surface area (Å²) in [5.74, 6) is 1.76. The lowest BCUT2D eigenvalue weighted by atomic mass is 9.66. The van der Waals surface area contributed by atoms with Crippen LogP contribution in [0.25, 0.3) is 55.2 Å². The van der Waals surface area contributed by atoms with Crippen LogP contribution in [0.1, 0.15) is 22.3 Å². The lowest BCUT2D eigenvalue weighted by molar-refractivity contribution is 0.436. The summed E-state index contributed by atoms with van der Waals surface area (Å²) in [6.07, 6.45) is 0. The molecule has 4 heteroatoms. The third-order valence-electron chi connectivity index (χ3n) is 12.6. The molecule has 0 saturated carbocycles. The van der Waals surface area contributed by atoms with E-state index in [2.05, 4.69) is 146 Å². The van der Waals surface area contributed by atoms with Crippen LogP contribution in [0.15, 0.2) is 218 Å². The van der Waals surface area contributed by atoms with Gasteiger partial charge in [-0.25, -0.2) is 4.98 Å². The zero-order valence-electron chi connectivity index (χ0n) is 32.5. The van der Waals surface area contributed by atoms with E-state index in [1.165, 1.54) is 27.6 Å². The van der Waals surface area contributed by atoms with Crippen molar-refractivity contribution < 1.29 is 9.30 Å². The molecule has 0 N–H and O–H groups in total. The topological polar surface area (TPSA) is 39.2 Å². The Morgan fingerprint density at radius 3 is 1.68 bits per heavy atom. The van der Waals surface area contributed by atoms with Crippen LogP contribution in [0, 0.1) is 0 Å². The first kappa shape index (κ1) is 34.7. The Morgan fingerprint density at radius 1 is 0.417 bits per heavy atom. The molecular formula is C56H36NO2P. The summed E-state index contributed by atoms with van der Waals surface area (Å²) in [6, 6.07) is 75.8. The van der Waals surface area contributed by atoms with Gasteiger partial charge in [0.1, 0.15) is 11.5 Å². The Morgan fingerprint density at radius 2 is 0.983 bits per heavy atom. The quantitative estimate of drug-likeness (QED) is 0.129. The van der Waals surface area contributed by atoms with Crippen molar-refractivity contribution in [2.75, 3.05) is 0 Å². The predicted octanol–water partition coefficient (Wildman–Crippen LogP) is 12.8. The molecule has 1 aliphatic carbocycles. The lowest BCUT2D eigenvalue weighted by Crippen LogP contribution is -2.32. The molecule has 0 bridgehead atoms. The highest BCUT2D eigenvalue weighted by Crippen LogP contribution is 2.63. The largest absolute Gasteiger partial charge is 0.457 e. The molecule has 1 aliphatic heterocycles. The van der Waals surface area contributed by atoms with Crippen LogP contribution in [0.3, 0.4) is 0 Å². The SMILES string of the molecule is O=P(c1ccccc1)(c1ccccc1)c1ccc(-c2cccc(-c3nc4ccccc4c4c5c(ccc34)C3(c4ccccc4Oc4ccccc43)c3ccccc3-5)c2)cc1. The second-order valence-corrected chi connectivity index (χ2v) is 18.5. The van der Waals surface area contributed by atoms with Crippen LogP contribution in [0.4, 0.5) is 0 Å². The van der Waals surface area contributed by atoms with E-state index in [1.807, 2.05) is 72.8 Å². The molecule has 0 radical (unpaired) electrons. The van der Waals surface area contributed by atoms with Crippen LogP contribution in [0.5, 0.6) is 11.5 Å². The van der Waals surface area contributed by atoms with Crippen molar-refractivity contribution in [1.29, 1.82) is 0 Å². The molecule has 1 spiro atoms. The molecule has 3 nitrogen and oxygen atoms in total. The summed E-state index contributed by atoms with van der Waals surface area (Å²) in [5.41, 5.74) is 11.7. The molecule has 9 aromatic carbocycles. The third-order valence-corrected chi connectivity index (χ3v) is 15.7. The first-order valence-corrected chi connectivity index (χ1v) is 22.1. The first-order chi connectivity index (χ1) is 29.6. The van der Waals surface area contributed by atoms with Gasteiger partial charge in [-0.2, -0.15) is 0 Å². The molecule has 0 unspecified atom stereocenters. The summed E-state index contributed by atoms with van der Waals surface area (Å²) in [7, 11) is -3.09. The average Bonchev–Trinajstić information content (AvgIpc) is 3.62. The Bertz CT molecular complexity index is 3290. The summed E-state index contributed by atoms with van der Waals surface area (Å²) < 4.78 is 21.7. The van der Waals surface area contributed by atoms with E-state index in [0.717, 1.165) is 77.2 Å². The molecule has 0 fully saturated rings. The number of nitrogens with zero attached hydrogens (tertiary/aromatic N) is 1. The molecule has 282 valence electrons. The van der Waals surface area contributed by atoms with Crippen molar-refractivity contribution in [3.05, 3.63) is 241 Å². The second-order valence-electron chi connectivity index (χ2n) is 15.7. The zero-order valence-corrected chi connectivity index (χ0v) is 33.4. The van der Waals surface area contributed by atoms with Gasteiger partial charge in [0.2, 0.25) is 0 Å². The number of ether oxygens (including phenoxy) is 1. The number of para-hydroxylation sites is 3. The fourth-order valence-corrected chi connectivity index (χ4v) is 12.7. The maximum atomic E-state index is 15.1. The Kier molecular flexibility index (Phi) is 7.73. The highest BCUT2D eigenvalue weighted by molar-refractivity contribution is 7.85. The Labute approximate surface area is 348 Å². The molecule has 0 amide bonds. The number of benzene rings is 9. The van der Waals surface area contributed by atoms with Gasteiger partial charge in [0.05, 0.1) is 16.6 Å². The first-order valence-electron chi connectivity index (χ1n) is 20.4. The number of hydrogen-bond acceptors (Lipinski definition) is 3. The van der Waals surface area contributed by atoms with Gasteiger partial charge in [-0.05, 0) is 57.6 Å². The van der Waals surface area contributed by atoms with Gasteiger partial charge in [-0.15, -0.1) is 0 Å². The lowest BCUT2D eigenvalue weighted by Gasteiger charge is -2.39. The molecule has 12 rings (SSSR count). The van der Waals surface area contributed by atoms with E-state index in [4.69, 9.17) is 9.72 Å². The fourth-order valence-electron chi connectivity index (χ4n) is 10.0. The normalized spacial score (nSPS) is 13.3. The third kappa shape index (κ3) is 4.91. The molecule has 10 aromatic rings. The monoisotopic (exact) mass is 785 g/mol. The van der Waals surface area contributed by atoms with Gasteiger partial charge in [-0.3, -0.25) is 0 Å². The number of pyridine rings is 1. The standard InChI is InChI=1S/C56H36NO2P/c58-60(40-18-3-1-4-19-40,41-20-5-2-6-21-41)42-32-30-37(31-33-42)38-16-15-17-39(36-38)55-45-34-35-49-54(53(45)44-23-8-12-27-50(44)57-55)43-22-7-9-24-46(43)56(49)47-25-10-13-28-51(47)59-52-29-14-11-26-48(52)56/h1-36H. The van der Waals surface area contributed by atoms with Gasteiger partial charge in [0, 0.05) is 48.8 Å². The maximum Gasteiger partial charge on any atom is 0.171 e. The summed E-state index contributed by atoms with van der Waals surface area (Å²) in [5, 5.41) is 5.89. The van der Waals surface area contributed by atoms with E-state index < -0.39 is 12.6 Å². The van der Waals surface area contributed by atoms with Crippen molar-refractivity contribution in [2.45, 2.75) is 5.41 Å². The van der Waals surface area contributed by atoms with Crippen molar-refractivity contribution in [3.8, 4) is 45.0 Å². The minimum absolute atomic E-state index is 0.562. The predicted molar refractivity (Wildman–Crippen MR) is 247 cm³/mol. The zero-order chi connectivity index (χ0) is 39.8. The van der Waals surface area contributed by atoms with Crippen molar-refractivity contribution in [1.82, 2.24) is 4.98 Å². The number of hydrogen-bond donors (Lipinski definition) is 0. The Balaban J connectivity index is 1.05. The summed E-state index contributed by atoms with van der Waals surface area (Å²) in [4.78, 5) is 5.42. The number of aromatic nitrogens is 1. The number of fused-ring (bicyclic) bond motifs is 13. The fraction of sp³-hybridized carbons (Fsp3) is 0.0179. The van der Waals surface area contributed by atoms with Crippen LogP contribution in [-0.2, 0) is 9.98 Å². The van der Waals surface area contributed by atoms with Crippen LogP contribution < -0.4 is 20.7 Å². The van der Waals surface area contributed by atoms with Crippen molar-refractivity contribution in [3.63, 3.8) is 0 Å². The molecule has 0 atom stereocenters. The van der Waals surface area contributed by atoms with E-state index in [0.29, 0.717) is 0 Å². The van der Waals surface area contributed by atoms with Crippen molar-refractivity contribution >= 4 is 44.7 Å². The molecule has 2 heterocycles. The highest BCUT2D eigenvalue weighted by atomic mass is 31.2. The number of rotatable bonds is 5. The van der Waals surface area contributed by atoms with Gasteiger partial charge >= 0.3 is 0 Å². The maximum absolute atomic E-state index is 15.1. The summed E-state index contributed by atoms with van der Waals surface area (Å²) in [6.45, 7) is 0. The molecule has 0 saturated heterocycles. The van der Waals surface area contributed by atoms with Crippen molar-refractivity contribution in [2.24, 2.45) is 0 Å². The van der Waals surface area contributed by atoms with E-state index in [9.17, 15) is 0 Å². The molecule has 2 aliphatic rings. The van der Waals surface area contributed by atoms with E-state index in [-0.39, 0.29) is 0 Å². The van der Waals surface area contributed by atoms with E-state index >= 15 is 4.57 Å². The summed E-state index contributed by atoms with van der Waals surface area (Å²) >= 11 is 0. The van der Waals surface area contributed by atoms with E-state index in [1.54, 1.807) is 0 Å². The van der Waals surface area contributed by atoms with Gasteiger partial charge < -0.3 is 9.30 Å². The minimum Gasteiger partial charge on any atom is -0.457 e. The molecule has 1 aromatic heterocycles. The van der Waals surface area contributed by atoms with Gasteiger partial charge in [-0.1, -0.05) is 194 Å². The van der Waals surface area contributed by atoms with Crippen LogP contribution in [-0.4, -0.2) is 4.98 Å². The average molecular weight is 786 g/mol. The van der Waals surface area contributed by atoms with Gasteiger partial charge in [0.15, 0.2) is 7.14 Å². The van der Waals surface area contributed by atoms with Gasteiger partial charge in [0.25, 0.3) is 0 Å². The minimum atomic E-state index is -3.09. The van der Waals surface area contributed by atoms with Crippen LogP contribution >= 0.6 is 7.14 Å². The smallest absolute Gasteiger partial charge is 0.171 e.